The molecule has 0 saturated carbocycles. The van der Waals surface area contributed by atoms with E-state index in [4.69, 9.17) is 10.2 Å². The van der Waals surface area contributed by atoms with E-state index >= 15 is 0 Å². The number of carbonyl (C=O) groups is 1. The largest absolute Gasteiger partial charge is 0.504 e. The van der Waals surface area contributed by atoms with Crippen molar-refractivity contribution in [2.75, 3.05) is 0 Å². The van der Waals surface area contributed by atoms with Crippen LogP contribution in [0.1, 0.15) is 18.4 Å². The molecular formula is C10H9BrF2O3. The number of benzene rings is 1. The van der Waals surface area contributed by atoms with Crippen molar-refractivity contribution < 1.29 is 23.8 Å². The van der Waals surface area contributed by atoms with Gasteiger partial charge in [0.25, 0.3) is 0 Å². The maximum atomic E-state index is 13.3. The molecule has 1 aromatic rings. The standard InChI is InChI=1S/C10H9BrF2O3/c11-6-4-5(2-1-3-7(14)15)8(12)9(13)10(6)16/h4,16H,1-3H2,(H,14,15). The van der Waals surface area contributed by atoms with Crippen molar-refractivity contribution in [1.82, 2.24) is 0 Å². The Hall–Kier alpha value is -1.17. The lowest BCUT2D eigenvalue weighted by Gasteiger charge is -2.06. The summed E-state index contributed by atoms with van der Waals surface area (Å²) in [5.74, 6) is -4.22. The molecule has 0 aliphatic carbocycles. The number of carboxylic acids is 1. The van der Waals surface area contributed by atoms with Crippen LogP contribution in [0.4, 0.5) is 8.78 Å². The lowest BCUT2D eigenvalue weighted by Crippen LogP contribution is -1.99. The van der Waals surface area contributed by atoms with Gasteiger partial charge in [-0.3, -0.25) is 4.79 Å². The van der Waals surface area contributed by atoms with Gasteiger partial charge in [-0.2, -0.15) is 4.39 Å². The van der Waals surface area contributed by atoms with Crippen molar-refractivity contribution in [2.24, 2.45) is 0 Å². The van der Waals surface area contributed by atoms with Gasteiger partial charge in [-0.1, -0.05) is 0 Å². The van der Waals surface area contributed by atoms with Crippen LogP contribution >= 0.6 is 15.9 Å². The summed E-state index contributed by atoms with van der Waals surface area (Å²) in [5.41, 5.74) is 0.0448. The SMILES string of the molecule is O=C(O)CCCc1cc(Br)c(O)c(F)c1F. The molecule has 0 atom stereocenters. The summed E-state index contributed by atoms with van der Waals surface area (Å²) in [6.07, 6.45) is 0.205. The fourth-order valence-electron chi connectivity index (χ4n) is 1.25. The Morgan fingerprint density at radius 2 is 2.00 bits per heavy atom. The molecule has 0 aromatic heterocycles. The number of hydrogen-bond acceptors (Lipinski definition) is 2. The first-order valence-corrected chi connectivity index (χ1v) is 5.30. The monoisotopic (exact) mass is 294 g/mol. The summed E-state index contributed by atoms with van der Waals surface area (Å²) in [6.45, 7) is 0. The van der Waals surface area contributed by atoms with Gasteiger partial charge in [0.2, 0.25) is 5.82 Å². The average molecular weight is 295 g/mol. The second-order valence-corrected chi connectivity index (χ2v) is 4.10. The van der Waals surface area contributed by atoms with E-state index in [1.807, 2.05) is 0 Å². The lowest BCUT2D eigenvalue weighted by molar-refractivity contribution is -0.137. The highest BCUT2D eigenvalue weighted by atomic mass is 79.9. The number of aromatic hydroxyl groups is 1. The molecule has 0 spiro atoms. The molecule has 0 radical (unpaired) electrons. The van der Waals surface area contributed by atoms with Gasteiger partial charge >= 0.3 is 5.97 Å². The fraction of sp³-hybridized carbons (Fsp3) is 0.300. The normalized spacial score (nSPS) is 10.4. The van der Waals surface area contributed by atoms with Crippen LogP contribution in [0.3, 0.4) is 0 Å². The second kappa shape index (κ2) is 5.25. The van der Waals surface area contributed by atoms with E-state index in [1.54, 1.807) is 0 Å². The van der Waals surface area contributed by atoms with Gasteiger partial charge in [0.05, 0.1) is 4.47 Å². The molecule has 0 amide bonds. The van der Waals surface area contributed by atoms with Gasteiger partial charge in [0.1, 0.15) is 0 Å². The molecule has 16 heavy (non-hydrogen) atoms. The highest BCUT2D eigenvalue weighted by Crippen LogP contribution is 2.31. The van der Waals surface area contributed by atoms with E-state index in [0.717, 1.165) is 0 Å². The molecule has 0 saturated heterocycles. The first-order valence-electron chi connectivity index (χ1n) is 4.50. The molecular weight excluding hydrogens is 286 g/mol. The zero-order chi connectivity index (χ0) is 12.3. The lowest BCUT2D eigenvalue weighted by atomic mass is 10.1. The third-order valence-electron chi connectivity index (χ3n) is 2.05. The first kappa shape index (κ1) is 12.9. The van der Waals surface area contributed by atoms with Crippen molar-refractivity contribution in [2.45, 2.75) is 19.3 Å². The Morgan fingerprint density at radius 3 is 2.56 bits per heavy atom. The summed E-state index contributed by atoms with van der Waals surface area (Å²) in [7, 11) is 0. The van der Waals surface area contributed by atoms with Crippen molar-refractivity contribution in [3.63, 3.8) is 0 Å². The summed E-state index contributed by atoms with van der Waals surface area (Å²) >= 11 is 2.88. The van der Waals surface area contributed by atoms with Crippen molar-refractivity contribution in [1.29, 1.82) is 0 Å². The van der Waals surface area contributed by atoms with Crippen LogP contribution in [0.15, 0.2) is 10.5 Å². The molecule has 2 N–H and O–H groups in total. The maximum absolute atomic E-state index is 13.3. The van der Waals surface area contributed by atoms with E-state index in [1.165, 1.54) is 6.07 Å². The van der Waals surface area contributed by atoms with Crippen LogP contribution < -0.4 is 0 Å². The van der Waals surface area contributed by atoms with Crippen molar-refractivity contribution >= 4 is 21.9 Å². The average Bonchev–Trinajstić information content (AvgIpc) is 2.22. The van der Waals surface area contributed by atoms with Crippen LogP contribution in [0.25, 0.3) is 0 Å². The molecule has 1 aromatic carbocycles. The molecule has 0 aliphatic rings. The quantitative estimate of drug-likeness (QED) is 0.840. The smallest absolute Gasteiger partial charge is 0.303 e. The number of hydrogen-bond donors (Lipinski definition) is 2. The highest BCUT2D eigenvalue weighted by Gasteiger charge is 2.16. The molecule has 0 heterocycles. The number of phenols is 1. The Kier molecular flexibility index (Phi) is 4.23. The molecule has 1 rings (SSSR count). The summed E-state index contributed by atoms with van der Waals surface area (Å²) in [5, 5.41) is 17.5. The van der Waals surface area contributed by atoms with E-state index in [0.29, 0.717) is 0 Å². The molecule has 6 heteroatoms. The fourth-order valence-corrected chi connectivity index (χ4v) is 1.70. The maximum Gasteiger partial charge on any atom is 0.303 e. The summed E-state index contributed by atoms with van der Waals surface area (Å²) < 4.78 is 26.4. The van der Waals surface area contributed by atoms with Gasteiger partial charge in [0.15, 0.2) is 11.6 Å². The van der Waals surface area contributed by atoms with Crippen molar-refractivity contribution in [3.8, 4) is 5.75 Å². The summed E-state index contributed by atoms with van der Waals surface area (Å²) in [6, 6.07) is 1.25. The third-order valence-corrected chi connectivity index (χ3v) is 2.65. The van der Waals surface area contributed by atoms with Crippen LogP contribution in [0, 0.1) is 11.6 Å². The number of aryl methyl sites for hydroxylation is 1. The zero-order valence-electron chi connectivity index (χ0n) is 8.14. The first-order chi connectivity index (χ1) is 7.43. The Bertz CT molecular complexity index is 421. The second-order valence-electron chi connectivity index (χ2n) is 3.24. The predicted octanol–water partition coefficient (Wildman–Crippen LogP) is 2.84. The van der Waals surface area contributed by atoms with Crippen LogP contribution in [-0.4, -0.2) is 16.2 Å². The minimum atomic E-state index is -1.32. The number of phenolic OH excluding ortho intramolecular Hbond substituents is 1. The van der Waals surface area contributed by atoms with Crippen LogP contribution in [0.5, 0.6) is 5.75 Å². The molecule has 0 fully saturated rings. The van der Waals surface area contributed by atoms with E-state index < -0.39 is 23.4 Å². The number of carboxylic acid groups (broad SMARTS) is 1. The Labute approximate surface area is 98.8 Å². The Morgan fingerprint density at radius 1 is 1.38 bits per heavy atom. The number of aliphatic carboxylic acids is 1. The van der Waals surface area contributed by atoms with E-state index in [9.17, 15) is 13.6 Å². The van der Waals surface area contributed by atoms with E-state index in [2.05, 4.69) is 15.9 Å². The minimum absolute atomic E-state index is 0.0448. The minimum Gasteiger partial charge on any atom is -0.504 e. The van der Waals surface area contributed by atoms with Crippen LogP contribution in [-0.2, 0) is 11.2 Å². The van der Waals surface area contributed by atoms with E-state index in [-0.39, 0.29) is 29.3 Å². The van der Waals surface area contributed by atoms with Crippen LogP contribution in [0.2, 0.25) is 0 Å². The third kappa shape index (κ3) is 2.91. The van der Waals surface area contributed by atoms with Crippen molar-refractivity contribution in [3.05, 3.63) is 27.7 Å². The van der Waals surface area contributed by atoms with Gasteiger partial charge in [0, 0.05) is 6.42 Å². The topological polar surface area (TPSA) is 57.5 Å². The molecule has 0 bridgehead atoms. The van der Waals surface area contributed by atoms with Gasteiger partial charge < -0.3 is 10.2 Å². The zero-order valence-corrected chi connectivity index (χ0v) is 9.72. The van der Waals surface area contributed by atoms with Gasteiger partial charge in [-0.15, -0.1) is 0 Å². The van der Waals surface area contributed by atoms with Gasteiger partial charge in [-0.25, -0.2) is 4.39 Å². The molecule has 0 unspecified atom stereocenters. The Balaban J connectivity index is 2.85. The molecule has 0 aliphatic heterocycles. The molecule has 88 valence electrons. The number of rotatable bonds is 4. The molecule has 3 nitrogen and oxygen atoms in total. The predicted molar refractivity (Wildman–Crippen MR) is 56.3 cm³/mol. The summed E-state index contributed by atoms with van der Waals surface area (Å²) in [4.78, 5) is 10.2. The number of halogens is 3. The van der Waals surface area contributed by atoms with Gasteiger partial charge in [-0.05, 0) is 40.4 Å². The highest BCUT2D eigenvalue weighted by molar-refractivity contribution is 9.10.